The van der Waals surface area contributed by atoms with E-state index in [1.165, 1.54) is 55.9 Å². The molecule has 10 nitrogen and oxygen atoms in total. The van der Waals surface area contributed by atoms with Crippen LogP contribution in [0, 0.1) is 0 Å². The van der Waals surface area contributed by atoms with Gasteiger partial charge in [-0.1, -0.05) is 6.07 Å². The average Bonchev–Trinajstić information content (AvgIpc) is 3.37. The zero-order valence-electron chi connectivity index (χ0n) is 19.2. The third-order valence-electron chi connectivity index (χ3n) is 4.31. The molecule has 186 valence electrons. The molecule has 0 bridgehead atoms. The SMILES string of the molecule is Cn1cc(NC(=O)c2coc(-c3cccc(N(CC(F)(F)F)C(=O)OC(C)(C)C)c3)n2)c(C=O)n1. The Morgan fingerprint density at radius 3 is 2.60 bits per heavy atom. The summed E-state index contributed by atoms with van der Waals surface area (Å²) in [4.78, 5) is 40.6. The van der Waals surface area contributed by atoms with Gasteiger partial charge in [-0.25, -0.2) is 9.78 Å². The summed E-state index contributed by atoms with van der Waals surface area (Å²) in [5, 5.41) is 6.37. The van der Waals surface area contributed by atoms with Crippen LogP contribution in [0.25, 0.3) is 11.5 Å². The smallest absolute Gasteiger partial charge is 0.415 e. The summed E-state index contributed by atoms with van der Waals surface area (Å²) in [6, 6.07) is 5.46. The number of ether oxygens (including phenoxy) is 1. The van der Waals surface area contributed by atoms with E-state index in [0.29, 0.717) is 11.2 Å². The van der Waals surface area contributed by atoms with Crippen LogP contribution in [-0.4, -0.2) is 51.4 Å². The number of aromatic nitrogens is 3. The number of benzene rings is 1. The number of hydrogen-bond acceptors (Lipinski definition) is 7. The number of nitrogens with zero attached hydrogens (tertiary/aromatic N) is 4. The van der Waals surface area contributed by atoms with Crippen LogP contribution < -0.4 is 10.2 Å². The van der Waals surface area contributed by atoms with Crippen molar-refractivity contribution in [3.05, 3.63) is 48.1 Å². The molecule has 3 rings (SSSR count). The zero-order valence-corrected chi connectivity index (χ0v) is 19.2. The molecule has 2 aromatic heterocycles. The zero-order chi connectivity index (χ0) is 26.0. The van der Waals surface area contributed by atoms with Gasteiger partial charge in [-0.3, -0.25) is 19.2 Å². The molecule has 35 heavy (non-hydrogen) atoms. The highest BCUT2D eigenvalue weighted by Gasteiger charge is 2.36. The van der Waals surface area contributed by atoms with Gasteiger partial charge in [0.1, 0.15) is 24.1 Å². The molecule has 3 aromatic rings. The summed E-state index contributed by atoms with van der Waals surface area (Å²) in [7, 11) is 1.57. The molecule has 1 N–H and O–H groups in total. The lowest BCUT2D eigenvalue weighted by Crippen LogP contribution is -2.42. The number of aryl methyl sites for hydroxylation is 1. The third kappa shape index (κ3) is 6.68. The Bertz CT molecular complexity index is 1240. The topological polar surface area (TPSA) is 120 Å². The van der Waals surface area contributed by atoms with E-state index in [2.05, 4.69) is 15.4 Å². The monoisotopic (exact) mass is 493 g/mol. The highest BCUT2D eigenvalue weighted by atomic mass is 19.4. The predicted molar refractivity (Wildman–Crippen MR) is 118 cm³/mol. The van der Waals surface area contributed by atoms with E-state index in [9.17, 15) is 27.6 Å². The van der Waals surface area contributed by atoms with E-state index in [-0.39, 0.29) is 34.2 Å². The van der Waals surface area contributed by atoms with Crippen molar-refractivity contribution >= 4 is 29.7 Å². The fourth-order valence-corrected chi connectivity index (χ4v) is 2.95. The summed E-state index contributed by atoms with van der Waals surface area (Å²) >= 11 is 0. The Labute approximate surface area is 197 Å². The van der Waals surface area contributed by atoms with Crippen molar-refractivity contribution < 1.29 is 36.7 Å². The summed E-state index contributed by atoms with van der Waals surface area (Å²) in [6.45, 7) is 3.04. The van der Waals surface area contributed by atoms with E-state index in [4.69, 9.17) is 9.15 Å². The van der Waals surface area contributed by atoms with E-state index >= 15 is 0 Å². The minimum atomic E-state index is -4.69. The van der Waals surface area contributed by atoms with Gasteiger partial charge in [0.15, 0.2) is 12.0 Å². The number of rotatable bonds is 6. The highest BCUT2D eigenvalue weighted by molar-refractivity contribution is 6.04. The molecule has 2 amide bonds. The number of halogens is 3. The van der Waals surface area contributed by atoms with Crippen LogP contribution in [0.3, 0.4) is 0 Å². The maximum Gasteiger partial charge on any atom is 0.415 e. The molecule has 0 atom stereocenters. The van der Waals surface area contributed by atoms with Gasteiger partial charge in [-0.05, 0) is 39.0 Å². The molecule has 0 spiro atoms. The van der Waals surface area contributed by atoms with Crippen molar-refractivity contribution in [1.82, 2.24) is 14.8 Å². The van der Waals surface area contributed by atoms with Crippen molar-refractivity contribution in [3.63, 3.8) is 0 Å². The van der Waals surface area contributed by atoms with Crippen LogP contribution >= 0.6 is 0 Å². The van der Waals surface area contributed by atoms with Gasteiger partial charge in [-0.15, -0.1) is 0 Å². The van der Waals surface area contributed by atoms with Crippen molar-refractivity contribution in [3.8, 4) is 11.5 Å². The number of carbonyl (C=O) groups is 3. The number of aldehydes is 1. The van der Waals surface area contributed by atoms with Gasteiger partial charge < -0.3 is 14.5 Å². The molecule has 0 aliphatic rings. The van der Waals surface area contributed by atoms with Crippen LogP contribution in [0.1, 0.15) is 41.7 Å². The minimum absolute atomic E-state index is 0.0177. The molecule has 0 unspecified atom stereocenters. The first-order valence-electron chi connectivity index (χ1n) is 10.2. The molecule has 0 radical (unpaired) electrons. The third-order valence-corrected chi connectivity index (χ3v) is 4.31. The number of alkyl halides is 3. The van der Waals surface area contributed by atoms with Crippen molar-refractivity contribution in [2.75, 3.05) is 16.8 Å². The molecule has 13 heteroatoms. The van der Waals surface area contributed by atoms with E-state index in [1.54, 1.807) is 7.05 Å². The lowest BCUT2D eigenvalue weighted by atomic mass is 10.2. The van der Waals surface area contributed by atoms with Gasteiger partial charge in [0, 0.05) is 24.5 Å². The Morgan fingerprint density at radius 1 is 1.26 bits per heavy atom. The number of anilines is 2. The molecule has 0 aliphatic carbocycles. The molecule has 1 aromatic carbocycles. The Morgan fingerprint density at radius 2 is 1.97 bits per heavy atom. The Kier molecular flexibility index (Phi) is 6.99. The van der Waals surface area contributed by atoms with Crippen LogP contribution in [-0.2, 0) is 11.8 Å². The molecule has 0 aliphatic heterocycles. The first kappa shape index (κ1) is 25.5. The second-order valence-electron chi connectivity index (χ2n) is 8.44. The molecule has 0 saturated heterocycles. The van der Waals surface area contributed by atoms with Crippen molar-refractivity contribution in [1.29, 1.82) is 0 Å². The summed E-state index contributed by atoms with van der Waals surface area (Å²) in [5.74, 6) is -0.769. The first-order valence-corrected chi connectivity index (χ1v) is 10.2. The highest BCUT2D eigenvalue weighted by Crippen LogP contribution is 2.29. The van der Waals surface area contributed by atoms with Crippen LogP contribution in [0.15, 0.2) is 41.1 Å². The maximum absolute atomic E-state index is 13.2. The fraction of sp³-hybridized carbons (Fsp3) is 0.318. The van der Waals surface area contributed by atoms with Crippen LogP contribution in [0.5, 0.6) is 0 Å². The molecule has 0 saturated carbocycles. The number of amides is 2. The summed E-state index contributed by atoms with van der Waals surface area (Å²) in [6.07, 6.45) is -2.91. The van der Waals surface area contributed by atoms with Gasteiger partial charge >= 0.3 is 12.3 Å². The Hall–Kier alpha value is -4.16. The van der Waals surface area contributed by atoms with Crippen LogP contribution in [0.2, 0.25) is 0 Å². The lowest BCUT2D eigenvalue weighted by Gasteiger charge is -2.28. The number of oxazole rings is 1. The van der Waals surface area contributed by atoms with E-state index < -0.39 is 30.3 Å². The second kappa shape index (κ2) is 9.60. The largest absolute Gasteiger partial charge is 0.444 e. The second-order valence-corrected chi connectivity index (χ2v) is 8.44. The predicted octanol–water partition coefficient (Wildman–Crippen LogP) is 4.44. The quantitative estimate of drug-likeness (QED) is 0.504. The van der Waals surface area contributed by atoms with Gasteiger partial charge in [0.2, 0.25) is 5.89 Å². The number of carbonyl (C=O) groups excluding carboxylic acids is 3. The van der Waals surface area contributed by atoms with Crippen molar-refractivity contribution in [2.45, 2.75) is 32.5 Å². The average molecular weight is 493 g/mol. The van der Waals surface area contributed by atoms with E-state index in [0.717, 1.165) is 6.26 Å². The normalized spacial score (nSPS) is 11.7. The minimum Gasteiger partial charge on any atom is -0.444 e. The fourth-order valence-electron chi connectivity index (χ4n) is 2.95. The summed E-state index contributed by atoms with van der Waals surface area (Å²) < 4.78 is 51.3. The number of nitrogens with one attached hydrogen (secondary N) is 1. The molecule has 2 heterocycles. The van der Waals surface area contributed by atoms with Crippen molar-refractivity contribution in [2.24, 2.45) is 7.05 Å². The Balaban J connectivity index is 1.86. The van der Waals surface area contributed by atoms with Gasteiger partial charge in [-0.2, -0.15) is 18.3 Å². The van der Waals surface area contributed by atoms with Crippen LogP contribution in [0.4, 0.5) is 29.3 Å². The number of hydrogen-bond donors (Lipinski definition) is 1. The first-order chi connectivity index (χ1) is 16.3. The van der Waals surface area contributed by atoms with E-state index in [1.807, 2.05) is 0 Å². The molecular formula is C22H22F3N5O5. The summed E-state index contributed by atoms with van der Waals surface area (Å²) in [5.41, 5.74) is -0.869. The molecular weight excluding hydrogens is 471 g/mol. The van der Waals surface area contributed by atoms with Gasteiger partial charge in [0.05, 0.1) is 5.69 Å². The lowest BCUT2D eigenvalue weighted by molar-refractivity contribution is -0.119. The maximum atomic E-state index is 13.2. The standard InChI is InChI=1S/C22H22F3N5O5/c1-21(2,3)35-20(33)30(12-22(23,24)25)14-7-5-6-13(8-14)19-27-17(11-34-19)18(32)26-15-9-29(4)28-16(15)10-31/h5-11H,12H2,1-4H3,(H,26,32). The molecule has 0 fully saturated rings. The van der Waals surface area contributed by atoms with Gasteiger partial charge in [0.25, 0.3) is 5.91 Å².